The Labute approximate surface area is 175 Å². The maximum atomic E-state index is 12.6. The Kier molecular flexibility index (Phi) is 7.23. The van der Waals surface area contributed by atoms with Gasteiger partial charge in [0.1, 0.15) is 0 Å². The van der Waals surface area contributed by atoms with E-state index in [1.54, 1.807) is 0 Å². The van der Waals surface area contributed by atoms with Crippen molar-refractivity contribution in [2.75, 3.05) is 6.54 Å². The van der Waals surface area contributed by atoms with Crippen molar-refractivity contribution in [2.45, 2.75) is 49.1 Å². The number of rotatable bonds is 9. The Balaban J connectivity index is 1.51. The van der Waals surface area contributed by atoms with Crippen molar-refractivity contribution in [3.63, 3.8) is 0 Å². The molecule has 156 valence electrons. The van der Waals surface area contributed by atoms with Gasteiger partial charge in [-0.05, 0) is 62.1 Å². The molecule has 0 aliphatic heterocycles. The first kappa shape index (κ1) is 21.7. The molecule has 1 saturated carbocycles. The topological polar surface area (TPSA) is 101 Å². The number of nitrogens with one attached hydrogen (secondary N) is 2. The number of nitro groups is 1. The number of nitro benzene ring substituents is 1. The minimum Gasteiger partial charge on any atom is -0.312 e. The molecule has 0 aromatic heterocycles. The molecule has 0 unspecified atom stereocenters. The largest absolute Gasteiger partial charge is 0.312 e. The van der Waals surface area contributed by atoms with E-state index in [9.17, 15) is 18.5 Å². The first-order valence-corrected chi connectivity index (χ1v) is 11.5. The second kappa shape index (κ2) is 9.67. The number of hydrogen-bond acceptors (Lipinski definition) is 5. The maximum Gasteiger partial charge on any atom is 0.269 e. The fourth-order valence-corrected chi connectivity index (χ4v) is 5.03. The molecule has 0 heterocycles. The molecule has 0 spiro atoms. The number of hydrogen-bond donors (Lipinski definition) is 2. The molecule has 1 aliphatic carbocycles. The summed E-state index contributed by atoms with van der Waals surface area (Å²) in [4.78, 5) is 10.2. The minimum absolute atomic E-state index is 0.0384. The molecular weight excluding hydrogens is 414 g/mol. The molecular formula is C20H24ClN3O4S. The highest BCUT2D eigenvalue weighted by molar-refractivity contribution is 7.89. The fraction of sp³-hybridized carbons (Fsp3) is 0.400. The van der Waals surface area contributed by atoms with E-state index in [1.807, 2.05) is 24.3 Å². The molecule has 0 radical (unpaired) electrons. The highest BCUT2D eigenvalue weighted by Crippen LogP contribution is 2.22. The third-order valence-corrected chi connectivity index (χ3v) is 6.90. The van der Waals surface area contributed by atoms with Crippen molar-refractivity contribution in [2.24, 2.45) is 0 Å². The summed E-state index contributed by atoms with van der Waals surface area (Å²) in [5.41, 5.74) is 1.09. The van der Waals surface area contributed by atoms with E-state index in [2.05, 4.69) is 10.0 Å². The standard InChI is InChI=1S/C20H24ClN3O4S/c21-16-8-6-15(7-9-16)3-2-14-22-19-4-1-5-20(19)23-29(27,28)18-12-10-17(11-13-18)24(25)26/h6-13,19-20,22-23H,1-5,14H2/t19-,20-/m1/s1. The predicted molar refractivity (Wildman–Crippen MR) is 113 cm³/mol. The van der Waals surface area contributed by atoms with Crippen LogP contribution in [0.3, 0.4) is 0 Å². The van der Waals surface area contributed by atoms with Crippen LogP contribution in [0.2, 0.25) is 5.02 Å². The number of nitrogens with zero attached hydrogens (tertiary/aromatic N) is 1. The van der Waals surface area contributed by atoms with Crippen molar-refractivity contribution in [3.8, 4) is 0 Å². The molecule has 2 aromatic rings. The molecule has 3 rings (SSSR count). The van der Waals surface area contributed by atoms with Gasteiger partial charge >= 0.3 is 0 Å². The monoisotopic (exact) mass is 437 g/mol. The Morgan fingerprint density at radius 2 is 1.69 bits per heavy atom. The van der Waals surface area contributed by atoms with E-state index in [1.165, 1.54) is 29.8 Å². The average Bonchev–Trinajstić information content (AvgIpc) is 3.13. The van der Waals surface area contributed by atoms with Crippen LogP contribution in [-0.2, 0) is 16.4 Å². The summed E-state index contributed by atoms with van der Waals surface area (Å²) in [6, 6.07) is 12.6. The van der Waals surface area contributed by atoms with E-state index in [0.29, 0.717) is 0 Å². The van der Waals surface area contributed by atoms with Crippen LogP contribution in [0.25, 0.3) is 0 Å². The van der Waals surface area contributed by atoms with Gasteiger partial charge in [0, 0.05) is 29.2 Å². The lowest BCUT2D eigenvalue weighted by Crippen LogP contribution is -2.46. The van der Waals surface area contributed by atoms with Crippen LogP contribution in [0.15, 0.2) is 53.4 Å². The summed E-state index contributed by atoms with van der Waals surface area (Å²) < 4.78 is 28.0. The smallest absolute Gasteiger partial charge is 0.269 e. The van der Waals surface area contributed by atoms with Crippen LogP contribution < -0.4 is 10.0 Å². The predicted octanol–water partition coefficient (Wildman–Crippen LogP) is 3.67. The van der Waals surface area contributed by atoms with Crippen molar-refractivity contribution in [3.05, 3.63) is 69.2 Å². The molecule has 0 saturated heterocycles. The van der Waals surface area contributed by atoms with Crippen LogP contribution in [0.5, 0.6) is 0 Å². The summed E-state index contributed by atoms with van der Waals surface area (Å²) >= 11 is 5.90. The molecule has 1 aliphatic rings. The van der Waals surface area contributed by atoms with Crippen molar-refractivity contribution >= 4 is 27.3 Å². The SMILES string of the molecule is O=[N+]([O-])c1ccc(S(=O)(=O)N[C@@H]2CCC[C@H]2NCCCc2ccc(Cl)cc2)cc1. The number of halogens is 1. The molecule has 2 N–H and O–H groups in total. The van der Waals surface area contributed by atoms with Gasteiger partial charge in [0.25, 0.3) is 5.69 Å². The summed E-state index contributed by atoms with van der Waals surface area (Å²) in [5.74, 6) is 0. The molecule has 2 aromatic carbocycles. The number of aryl methyl sites for hydroxylation is 1. The zero-order valence-corrected chi connectivity index (χ0v) is 17.5. The van der Waals surface area contributed by atoms with Crippen LogP contribution in [0, 0.1) is 10.1 Å². The highest BCUT2D eigenvalue weighted by Gasteiger charge is 2.31. The van der Waals surface area contributed by atoms with Gasteiger partial charge < -0.3 is 5.32 Å². The van der Waals surface area contributed by atoms with E-state index in [4.69, 9.17) is 11.6 Å². The maximum absolute atomic E-state index is 12.6. The van der Waals surface area contributed by atoms with E-state index in [-0.39, 0.29) is 22.7 Å². The lowest BCUT2D eigenvalue weighted by Gasteiger charge is -2.22. The second-order valence-electron chi connectivity index (χ2n) is 7.20. The normalized spacial score (nSPS) is 19.3. The molecule has 2 atom stereocenters. The first-order chi connectivity index (χ1) is 13.8. The highest BCUT2D eigenvalue weighted by atomic mass is 35.5. The van der Waals surface area contributed by atoms with Crippen molar-refractivity contribution < 1.29 is 13.3 Å². The van der Waals surface area contributed by atoms with Gasteiger partial charge in [0.05, 0.1) is 9.82 Å². The van der Waals surface area contributed by atoms with Crippen LogP contribution in [-0.4, -0.2) is 32.0 Å². The Hall–Kier alpha value is -2.00. The number of benzene rings is 2. The van der Waals surface area contributed by atoms with E-state index >= 15 is 0 Å². The number of non-ortho nitro benzene ring substituents is 1. The zero-order chi connectivity index (χ0) is 20.9. The zero-order valence-electron chi connectivity index (χ0n) is 15.9. The van der Waals surface area contributed by atoms with Gasteiger partial charge in [-0.1, -0.05) is 30.2 Å². The van der Waals surface area contributed by atoms with Crippen molar-refractivity contribution in [1.29, 1.82) is 0 Å². The first-order valence-electron chi connectivity index (χ1n) is 9.60. The summed E-state index contributed by atoms with van der Waals surface area (Å²) in [7, 11) is -3.72. The molecule has 29 heavy (non-hydrogen) atoms. The second-order valence-corrected chi connectivity index (χ2v) is 9.35. The average molecular weight is 438 g/mol. The third-order valence-electron chi connectivity index (χ3n) is 5.14. The molecule has 7 nitrogen and oxygen atoms in total. The quantitative estimate of drug-likeness (QED) is 0.354. The van der Waals surface area contributed by atoms with Gasteiger partial charge in [0.2, 0.25) is 10.0 Å². The van der Waals surface area contributed by atoms with Gasteiger partial charge in [-0.2, -0.15) is 0 Å². The van der Waals surface area contributed by atoms with Crippen LogP contribution in [0.4, 0.5) is 5.69 Å². The van der Waals surface area contributed by atoms with Crippen LogP contribution >= 0.6 is 11.6 Å². The van der Waals surface area contributed by atoms with E-state index < -0.39 is 14.9 Å². The molecule has 0 amide bonds. The Morgan fingerprint density at radius 1 is 1.03 bits per heavy atom. The van der Waals surface area contributed by atoms with Gasteiger partial charge in [0.15, 0.2) is 0 Å². The minimum atomic E-state index is -3.72. The lowest BCUT2D eigenvalue weighted by atomic mass is 10.1. The Morgan fingerprint density at radius 3 is 2.34 bits per heavy atom. The summed E-state index contributed by atoms with van der Waals surface area (Å²) in [5, 5.41) is 14.9. The van der Waals surface area contributed by atoms with Gasteiger partial charge in [-0.3, -0.25) is 10.1 Å². The molecule has 1 fully saturated rings. The van der Waals surface area contributed by atoms with E-state index in [0.717, 1.165) is 43.7 Å². The lowest BCUT2D eigenvalue weighted by molar-refractivity contribution is -0.384. The number of sulfonamides is 1. The van der Waals surface area contributed by atoms with Crippen molar-refractivity contribution in [1.82, 2.24) is 10.0 Å². The van der Waals surface area contributed by atoms with Crippen LogP contribution in [0.1, 0.15) is 31.2 Å². The Bertz CT molecular complexity index is 933. The fourth-order valence-electron chi connectivity index (χ4n) is 3.59. The van der Waals surface area contributed by atoms with Gasteiger partial charge in [-0.15, -0.1) is 0 Å². The summed E-state index contributed by atoms with van der Waals surface area (Å²) in [6.07, 6.45) is 4.49. The molecule has 9 heteroatoms. The van der Waals surface area contributed by atoms with Gasteiger partial charge in [-0.25, -0.2) is 13.1 Å². The third kappa shape index (κ3) is 5.99. The molecule has 0 bridgehead atoms. The summed E-state index contributed by atoms with van der Waals surface area (Å²) in [6.45, 7) is 0.795.